The van der Waals surface area contributed by atoms with Gasteiger partial charge in [0.05, 0.1) is 23.5 Å². The van der Waals surface area contributed by atoms with Gasteiger partial charge in [0.1, 0.15) is 0 Å². The Bertz CT molecular complexity index is 1180. The maximum absolute atomic E-state index is 13.0. The fourth-order valence-corrected chi connectivity index (χ4v) is 5.80. The molecule has 1 amide bonds. The van der Waals surface area contributed by atoms with Crippen LogP contribution in [0.1, 0.15) is 51.5 Å². The predicted molar refractivity (Wildman–Crippen MR) is 141 cm³/mol. The maximum atomic E-state index is 13.0. The van der Waals surface area contributed by atoms with Gasteiger partial charge < -0.3 is 9.47 Å². The highest BCUT2D eigenvalue weighted by atomic mass is 32.2. The van der Waals surface area contributed by atoms with Crippen LogP contribution in [-0.2, 0) is 14.8 Å². The second-order valence-corrected chi connectivity index (χ2v) is 10.6. The van der Waals surface area contributed by atoms with Gasteiger partial charge in [-0.05, 0) is 61.0 Å². The zero-order chi connectivity index (χ0) is 25.3. The van der Waals surface area contributed by atoms with Crippen LogP contribution in [0, 0.1) is 0 Å². The second kappa shape index (κ2) is 12.8. The van der Waals surface area contributed by atoms with Gasteiger partial charge in [0.15, 0.2) is 16.7 Å². The number of likely N-dealkylation sites (N-methyl/N-ethyl adjacent to an activating group) is 1. The smallest absolute Gasteiger partial charge is 0.284 e. The van der Waals surface area contributed by atoms with E-state index in [-0.39, 0.29) is 16.0 Å². The van der Waals surface area contributed by atoms with Crippen LogP contribution in [0.4, 0.5) is 0 Å². The Balaban J connectivity index is 1.80. The first kappa shape index (κ1) is 26.8. The summed E-state index contributed by atoms with van der Waals surface area (Å²) in [7, 11) is -2.34. The van der Waals surface area contributed by atoms with E-state index in [9.17, 15) is 13.2 Å². The number of sulfonamides is 1. The molecule has 1 fully saturated rings. The summed E-state index contributed by atoms with van der Waals surface area (Å²) in [4.78, 5) is 14.8. The van der Waals surface area contributed by atoms with Crippen molar-refractivity contribution in [3.63, 3.8) is 0 Å². The van der Waals surface area contributed by atoms with E-state index in [0.717, 1.165) is 30.2 Å². The molecule has 0 saturated carbocycles. The Kier molecular flexibility index (Phi) is 9.80. The number of thioether (sulfide) groups is 1. The molecule has 0 N–H and O–H groups in total. The molecule has 1 saturated heterocycles. The summed E-state index contributed by atoms with van der Waals surface area (Å²) in [5, 5.41) is 0.143. The number of carbonyl (C=O) groups is 1. The summed E-state index contributed by atoms with van der Waals surface area (Å²) in [5.41, 5.74) is 0.755. The van der Waals surface area contributed by atoms with E-state index in [0.29, 0.717) is 29.6 Å². The quantitative estimate of drug-likeness (QED) is 0.265. The molecular formula is C26H32N2O5S2. The van der Waals surface area contributed by atoms with Gasteiger partial charge in [-0.3, -0.25) is 9.69 Å². The number of benzene rings is 2. The van der Waals surface area contributed by atoms with Gasteiger partial charge in [-0.25, -0.2) is 0 Å². The molecule has 0 aliphatic carbocycles. The third-order valence-electron chi connectivity index (χ3n) is 5.43. The number of ether oxygens (including phenoxy) is 2. The Hall–Kier alpha value is -2.78. The molecule has 0 spiro atoms. The van der Waals surface area contributed by atoms with E-state index in [1.807, 2.05) is 12.1 Å². The number of hydrogen-bond acceptors (Lipinski definition) is 6. The Labute approximate surface area is 212 Å². The van der Waals surface area contributed by atoms with Crippen molar-refractivity contribution >= 4 is 38.9 Å². The normalized spacial score (nSPS) is 16.3. The Morgan fingerprint density at radius 1 is 1.00 bits per heavy atom. The first-order valence-electron chi connectivity index (χ1n) is 11.8. The highest BCUT2D eigenvalue weighted by molar-refractivity contribution is 8.19. The summed E-state index contributed by atoms with van der Waals surface area (Å²) >= 11 is 1.05. The zero-order valence-corrected chi connectivity index (χ0v) is 22.0. The molecule has 0 aromatic heterocycles. The topological polar surface area (TPSA) is 85.3 Å². The summed E-state index contributed by atoms with van der Waals surface area (Å²) < 4.78 is 40.8. The standard InChI is InChI=1S/C26H32N2O5S2/c1-4-6-7-8-12-17-33-23-18-20(15-16-22(23)32-3)19-24-25(29)28(5-2)26(34-24)27-35(30,31)21-13-10-9-11-14-21/h9-11,13-16,18-19H,4-8,12,17H2,1-3H3. The molecular weight excluding hydrogens is 484 g/mol. The van der Waals surface area contributed by atoms with Gasteiger partial charge in [-0.2, -0.15) is 8.42 Å². The highest BCUT2D eigenvalue weighted by Crippen LogP contribution is 2.35. The van der Waals surface area contributed by atoms with Crippen LogP contribution in [0.5, 0.6) is 11.5 Å². The predicted octanol–water partition coefficient (Wildman–Crippen LogP) is 5.73. The van der Waals surface area contributed by atoms with E-state index in [1.54, 1.807) is 44.4 Å². The molecule has 2 aromatic carbocycles. The van der Waals surface area contributed by atoms with E-state index < -0.39 is 10.0 Å². The summed E-state index contributed by atoms with van der Waals surface area (Å²) in [5.74, 6) is 0.951. The van der Waals surface area contributed by atoms with Gasteiger partial charge in [0.25, 0.3) is 15.9 Å². The first-order chi connectivity index (χ1) is 16.9. The molecule has 188 valence electrons. The van der Waals surface area contributed by atoms with Crippen LogP contribution < -0.4 is 9.47 Å². The monoisotopic (exact) mass is 516 g/mol. The minimum absolute atomic E-state index is 0.0840. The molecule has 0 radical (unpaired) electrons. The first-order valence-corrected chi connectivity index (χ1v) is 14.1. The van der Waals surface area contributed by atoms with Crippen molar-refractivity contribution in [2.75, 3.05) is 20.3 Å². The lowest BCUT2D eigenvalue weighted by molar-refractivity contribution is -0.122. The summed E-state index contributed by atoms with van der Waals surface area (Å²) in [6, 6.07) is 13.4. The Morgan fingerprint density at radius 3 is 2.43 bits per heavy atom. The molecule has 35 heavy (non-hydrogen) atoms. The number of rotatable bonds is 12. The fraction of sp³-hybridized carbons (Fsp3) is 0.385. The Morgan fingerprint density at radius 2 is 1.74 bits per heavy atom. The highest BCUT2D eigenvalue weighted by Gasteiger charge is 2.34. The number of amides is 1. The molecule has 1 heterocycles. The van der Waals surface area contributed by atoms with Crippen molar-refractivity contribution in [2.45, 2.75) is 50.8 Å². The van der Waals surface area contributed by atoms with Gasteiger partial charge >= 0.3 is 0 Å². The number of amidine groups is 1. The van der Waals surface area contributed by atoms with Crippen molar-refractivity contribution in [1.29, 1.82) is 0 Å². The lowest BCUT2D eigenvalue weighted by Crippen LogP contribution is -2.29. The number of methoxy groups -OCH3 is 1. The van der Waals surface area contributed by atoms with Crippen LogP contribution >= 0.6 is 11.8 Å². The number of nitrogens with zero attached hydrogens (tertiary/aromatic N) is 2. The van der Waals surface area contributed by atoms with Crippen LogP contribution in [0.3, 0.4) is 0 Å². The molecule has 7 nitrogen and oxygen atoms in total. The third kappa shape index (κ3) is 7.11. The molecule has 0 atom stereocenters. The molecule has 1 aliphatic rings. The van der Waals surface area contributed by atoms with Crippen LogP contribution in [0.2, 0.25) is 0 Å². The molecule has 0 bridgehead atoms. The SMILES string of the molecule is CCCCCCCOc1cc(C=C2SC(=NS(=O)(=O)c3ccccc3)N(CC)C2=O)ccc1OC. The van der Waals surface area contributed by atoms with E-state index in [1.165, 1.54) is 36.3 Å². The second-order valence-electron chi connectivity index (χ2n) is 8.00. The molecule has 9 heteroatoms. The van der Waals surface area contributed by atoms with Gasteiger partial charge in [-0.15, -0.1) is 4.40 Å². The van der Waals surface area contributed by atoms with Crippen LogP contribution in [0.15, 0.2) is 62.7 Å². The number of unbranched alkanes of at least 4 members (excludes halogenated alkanes) is 4. The number of hydrogen-bond donors (Lipinski definition) is 0. The lowest BCUT2D eigenvalue weighted by Gasteiger charge is -2.12. The summed E-state index contributed by atoms with van der Waals surface area (Å²) in [6.45, 7) is 4.87. The van der Waals surface area contributed by atoms with E-state index in [2.05, 4.69) is 11.3 Å². The van der Waals surface area contributed by atoms with Crippen molar-refractivity contribution in [3.05, 3.63) is 59.0 Å². The van der Waals surface area contributed by atoms with Gasteiger partial charge in [0.2, 0.25) is 0 Å². The molecule has 1 aliphatic heterocycles. The largest absolute Gasteiger partial charge is 0.493 e. The fourth-order valence-electron chi connectivity index (χ4n) is 3.54. The zero-order valence-electron chi connectivity index (χ0n) is 20.4. The van der Waals surface area contributed by atoms with Gasteiger partial charge in [-0.1, -0.05) is 56.9 Å². The van der Waals surface area contributed by atoms with Crippen molar-refractivity contribution < 1.29 is 22.7 Å². The number of carbonyl (C=O) groups excluding carboxylic acids is 1. The van der Waals surface area contributed by atoms with E-state index in [4.69, 9.17) is 9.47 Å². The minimum atomic E-state index is -3.93. The average molecular weight is 517 g/mol. The van der Waals surface area contributed by atoms with Crippen LogP contribution in [-0.4, -0.2) is 44.7 Å². The molecule has 2 aromatic rings. The van der Waals surface area contributed by atoms with Crippen LogP contribution in [0.25, 0.3) is 6.08 Å². The van der Waals surface area contributed by atoms with Crippen molar-refractivity contribution in [3.8, 4) is 11.5 Å². The minimum Gasteiger partial charge on any atom is -0.493 e. The average Bonchev–Trinajstić information content (AvgIpc) is 3.14. The molecule has 0 unspecified atom stereocenters. The van der Waals surface area contributed by atoms with Crippen molar-refractivity contribution in [2.24, 2.45) is 4.40 Å². The molecule has 3 rings (SSSR count). The van der Waals surface area contributed by atoms with E-state index >= 15 is 0 Å². The van der Waals surface area contributed by atoms with Crippen molar-refractivity contribution in [1.82, 2.24) is 4.90 Å². The summed E-state index contributed by atoms with van der Waals surface area (Å²) in [6.07, 6.45) is 7.42. The maximum Gasteiger partial charge on any atom is 0.284 e. The third-order valence-corrected chi connectivity index (χ3v) is 7.84. The lowest BCUT2D eigenvalue weighted by atomic mass is 10.1. The van der Waals surface area contributed by atoms with Gasteiger partial charge in [0, 0.05) is 6.54 Å².